The number of amides is 3. The normalized spacial score (nSPS) is 18.3. The minimum atomic E-state index is -0.368. The number of anilines is 2. The molecule has 2 aromatic carbocycles. The van der Waals surface area contributed by atoms with Crippen molar-refractivity contribution in [2.45, 2.75) is 13.8 Å². The molecule has 1 fully saturated rings. The summed E-state index contributed by atoms with van der Waals surface area (Å²) in [5.41, 5.74) is 3.19. The van der Waals surface area contributed by atoms with Gasteiger partial charge >= 0.3 is 0 Å². The van der Waals surface area contributed by atoms with Crippen LogP contribution in [0.2, 0.25) is 0 Å². The quantitative estimate of drug-likeness (QED) is 0.585. The standard InChI is InChI=1S/C22H19N3O3S2/c1-3-24-21(28)19(30-22(24)29)18-14-9-5-7-11-16(14)25(20(18)27)12-17(26)23-15-10-6-4-8-13(15)2/h4-11H,3,12H2,1-2H3,(H,23,26). The number of para-hydroxylation sites is 2. The summed E-state index contributed by atoms with van der Waals surface area (Å²) in [5.74, 6) is -0.945. The van der Waals surface area contributed by atoms with Gasteiger partial charge in [-0.1, -0.05) is 60.4 Å². The van der Waals surface area contributed by atoms with Crippen LogP contribution in [0, 0.1) is 6.92 Å². The number of likely N-dealkylation sites (N-methyl/N-ethyl adjacent to an activating group) is 1. The van der Waals surface area contributed by atoms with E-state index >= 15 is 0 Å². The van der Waals surface area contributed by atoms with Gasteiger partial charge in [-0.25, -0.2) is 0 Å². The number of hydrogen-bond donors (Lipinski definition) is 1. The molecule has 1 saturated heterocycles. The average Bonchev–Trinajstić information content (AvgIpc) is 3.16. The number of carbonyl (C=O) groups excluding carboxylic acids is 3. The van der Waals surface area contributed by atoms with E-state index in [1.54, 1.807) is 18.2 Å². The number of nitrogens with zero attached hydrogens (tertiary/aromatic N) is 2. The number of thioether (sulfide) groups is 1. The number of carbonyl (C=O) groups is 3. The van der Waals surface area contributed by atoms with Crippen LogP contribution in [-0.2, 0) is 14.4 Å². The minimum Gasteiger partial charge on any atom is -0.324 e. The largest absolute Gasteiger partial charge is 0.324 e. The number of aryl methyl sites for hydroxylation is 1. The van der Waals surface area contributed by atoms with Gasteiger partial charge in [0.2, 0.25) is 5.91 Å². The zero-order valence-corrected chi connectivity index (χ0v) is 18.1. The van der Waals surface area contributed by atoms with Crippen molar-refractivity contribution in [3.63, 3.8) is 0 Å². The molecule has 2 aromatic rings. The summed E-state index contributed by atoms with van der Waals surface area (Å²) in [4.78, 5) is 42.0. The predicted molar refractivity (Wildman–Crippen MR) is 123 cm³/mol. The van der Waals surface area contributed by atoms with Gasteiger partial charge in [-0.3, -0.25) is 24.2 Å². The summed E-state index contributed by atoms with van der Waals surface area (Å²) in [5, 5.41) is 2.85. The van der Waals surface area contributed by atoms with E-state index in [0.717, 1.165) is 17.3 Å². The van der Waals surface area contributed by atoms with Crippen LogP contribution in [-0.4, -0.2) is 40.0 Å². The molecule has 2 heterocycles. The molecular formula is C22H19N3O3S2. The van der Waals surface area contributed by atoms with Gasteiger partial charge in [0.05, 0.1) is 16.2 Å². The van der Waals surface area contributed by atoms with Crippen LogP contribution < -0.4 is 10.2 Å². The highest BCUT2D eigenvalue weighted by molar-refractivity contribution is 8.26. The number of rotatable bonds is 4. The molecule has 0 aromatic heterocycles. The fraction of sp³-hybridized carbons (Fsp3) is 0.182. The molecule has 0 spiro atoms. The summed E-state index contributed by atoms with van der Waals surface area (Å²) in [7, 11) is 0. The molecule has 0 saturated carbocycles. The molecule has 4 rings (SSSR count). The lowest BCUT2D eigenvalue weighted by Crippen LogP contribution is -2.35. The van der Waals surface area contributed by atoms with Crippen LogP contribution in [0.15, 0.2) is 53.4 Å². The highest BCUT2D eigenvalue weighted by atomic mass is 32.2. The zero-order chi connectivity index (χ0) is 21.4. The molecule has 0 radical (unpaired) electrons. The molecular weight excluding hydrogens is 418 g/mol. The highest BCUT2D eigenvalue weighted by Gasteiger charge is 2.41. The number of benzene rings is 2. The Bertz CT molecular complexity index is 1130. The maximum Gasteiger partial charge on any atom is 0.266 e. The Kier molecular flexibility index (Phi) is 5.44. The Balaban J connectivity index is 1.67. The number of thiocarbonyl (C=S) groups is 1. The number of hydrogen-bond acceptors (Lipinski definition) is 5. The van der Waals surface area contributed by atoms with Crippen LogP contribution >= 0.6 is 24.0 Å². The third kappa shape index (κ3) is 3.42. The summed E-state index contributed by atoms with van der Waals surface area (Å²) in [6.45, 7) is 4.03. The first-order chi connectivity index (χ1) is 14.4. The van der Waals surface area contributed by atoms with Gasteiger partial charge in [0.25, 0.3) is 11.8 Å². The summed E-state index contributed by atoms with van der Waals surface area (Å²) in [6.07, 6.45) is 0. The van der Waals surface area contributed by atoms with Crippen molar-refractivity contribution in [2.75, 3.05) is 23.3 Å². The Morgan fingerprint density at radius 3 is 2.43 bits per heavy atom. The molecule has 8 heteroatoms. The van der Waals surface area contributed by atoms with Gasteiger partial charge in [0.1, 0.15) is 10.9 Å². The first-order valence-electron chi connectivity index (χ1n) is 9.47. The second kappa shape index (κ2) is 8.04. The van der Waals surface area contributed by atoms with Crippen LogP contribution in [0.3, 0.4) is 0 Å². The maximum atomic E-state index is 13.3. The Hall–Kier alpha value is -2.97. The zero-order valence-electron chi connectivity index (χ0n) is 16.5. The first-order valence-corrected chi connectivity index (χ1v) is 10.7. The molecule has 2 aliphatic rings. The number of nitrogens with one attached hydrogen (secondary N) is 1. The van der Waals surface area contributed by atoms with Gasteiger partial charge in [-0.05, 0) is 31.5 Å². The topological polar surface area (TPSA) is 69.7 Å². The maximum absolute atomic E-state index is 13.3. The second-order valence-electron chi connectivity index (χ2n) is 6.89. The third-order valence-electron chi connectivity index (χ3n) is 5.04. The molecule has 0 unspecified atom stereocenters. The van der Waals surface area contributed by atoms with Crippen molar-refractivity contribution in [2.24, 2.45) is 0 Å². The SMILES string of the molecule is CCN1C(=O)C(=C2C(=O)N(CC(=O)Nc3ccccc3C)c3ccccc32)SC1=S. The fourth-order valence-corrected chi connectivity index (χ4v) is 4.98. The molecule has 1 N–H and O–H groups in total. The lowest BCUT2D eigenvalue weighted by molar-refractivity contribution is -0.122. The lowest BCUT2D eigenvalue weighted by atomic mass is 10.1. The van der Waals surface area contributed by atoms with Gasteiger partial charge in [0.15, 0.2) is 0 Å². The van der Waals surface area contributed by atoms with E-state index in [0.29, 0.717) is 38.3 Å². The van der Waals surface area contributed by atoms with Crippen molar-refractivity contribution in [1.82, 2.24) is 4.90 Å². The van der Waals surface area contributed by atoms with Crippen molar-refractivity contribution in [3.05, 3.63) is 64.6 Å². The summed E-state index contributed by atoms with van der Waals surface area (Å²) in [6, 6.07) is 14.6. The van der Waals surface area contributed by atoms with Gasteiger partial charge in [0, 0.05) is 17.8 Å². The number of fused-ring (bicyclic) bond motifs is 1. The molecule has 3 amide bonds. The molecule has 0 aliphatic carbocycles. The van der Waals surface area contributed by atoms with E-state index in [1.165, 1.54) is 9.80 Å². The molecule has 2 aliphatic heterocycles. The molecule has 0 bridgehead atoms. The summed E-state index contributed by atoms with van der Waals surface area (Å²) < 4.78 is 0.436. The van der Waals surface area contributed by atoms with Crippen molar-refractivity contribution < 1.29 is 14.4 Å². The molecule has 6 nitrogen and oxygen atoms in total. The van der Waals surface area contributed by atoms with E-state index in [-0.39, 0.29) is 24.3 Å². The summed E-state index contributed by atoms with van der Waals surface area (Å²) >= 11 is 6.43. The van der Waals surface area contributed by atoms with E-state index < -0.39 is 0 Å². The minimum absolute atomic E-state index is 0.151. The van der Waals surface area contributed by atoms with E-state index in [1.807, 2.05) is 44.2 Å². The average molecular weight is 438 g/mol. The van der Waals surface area contributed by atoms with E-state index in [2.05, 4.69) is 5.32 Å². The predicted octanol–water partition coefficient (Wildman–Crippen LogP) is 3.57. The van der Waals surface area contributed by atoms with Gasteiger partial charge in [-0.2, -0.15) is 0 Å². The molecule has 152 valence electrons. The van der Waals surface area contributed by atoms with Crippen molar-refractivity contribution >= 4 is 63.0 Å². The Morgan fingerprint density at radius 2 is 1.73 bits per heavy atom. The Labute approximate surface area is 183 Å². The smallest absolute Gasteiger partial charge is 0.266 e. The van der Waals surface area contributed by atoms with Gasteiger partial charge in [-0.15, -0.1) is 0 Å². The highest BCUT2D eigenvalue weighted by Crippen LogP contribution is 2.44. The Morgan fingerprint density at radius 1 is 1.03 bits per heavy atom. The monoisotopic (exact) mass is 437 g/mol. The molecule has 0 atom stereocenters. The lowest BCUT2D eigenvalue weighted by Gasteiger charge is -2.17. The van der Waals surface area contributed by atoms with Crippen molar-refractivity contribution in [1.29, 1.82) is 0 Å². The van der Waals surface area contributed by atoms with Crippen LogP contribution in [0.1, 0.15) is 18.1 Å². The van der Waals surface area contributed by atoms with Crippen LogP contribution in [0.5, 0.6) is 0 Å². The molecule has 30 heavy (non-hydrogen) atoms. The fourth-order valence-electron chi connectivity index (χ4n) is 3.53. The third-order valence-corrected chi connectivity index (χ3v) is 6.48. The first kappa shape index (κ1) is 20.3. The van der Waals surface area contributed by atoms with E-state index in [4.69, 9.17) is 12.2 Å². The van der Waals surface area contributed by atoms with Gasteiger partial charge < -0.3 is 5.32 Å². The van der Waals surface area contributed by atoms with Crippen LogP contribution in [0.25, 0.3) is 5.57 Å². The van der Waals surface area contributed by atoms with Crippen LogP contribution in [0.4, 0.5) is 11.4 Å². The van der Waals surface area contributed by atoms with E-state index in [9.17, 15) is 14.4 Å². The second-order valence-corrected chi connectivity index (χ2v) is 8.54. The van der Waals surface area contributed by atoms with Crippen molar-refractivity contribution in [3.8, 4) is 0 Å².